The number of nitrogens with zero attached hydrogens (tertiary/aromatic N) is 2. The first kappa shape index (κ1) is 12.5. The molecule has 1 aromatic carbocycles. The minimum absolute atomic E-state index is 0.176. The summed E-state index contributed by atoms with van der Waals surface area (Å²) in [6.07, 6.45) is 5.67. The van der Waals surface area contributed by atoms with Crippen LogP contribution in [0.25, 0.3) is 6.08 Å². The van der Waals surface area contributed by atoms with E-state index in [1.54, 1.807) is 30.3 Å². The summed E-state index contributed by atoms with van der Waals surface area (Å²) in [7, 11) is 0. The first-order valence-corrected chi connectivity index (χ1v) is 5.60. The molecule has 2 aromatic rings. The number of hydrogen-bond donors (Lipinski definition) is 0. The van der Waals surface area contributed by atoms with E-state index in [2.05, 4.69) is 0 Å². The van der Waals surface area contributed by atoms with Gasteiger partial charge in [0.2, 0.25) is 0 Å². The molecule has 0 aliphatic carbocycles. The second-order valence-corrected chi connectivity index (χ2v) is 3.88. The minimum atomic E-state index is -0.176. The maximum atomic E-state index is 11.8. The van der Waals surface area contributed by atoms with Gasteiger partial charge in [-0.15, -0.1) is 0 Å². The van der Waals surface area contributed by atoms with Crippen LogP contribution in [0.1, 0.15) is 21.5 Å². The zero-order valence-corrected chi connectivity index (χ0v) is 9.98. The van der Waals surface area contributed by atoms with Crippen molar-refractivity contribution in [1.82, 2.24) is 0 Å². The summed E-state index contributed by atoms with van der Waals surface area (Å²) in [5.74, 6) is -0.176. The Hall–Kier alpha value is -2.93. The van der Waals surface area contributed by atoms with Gasteiger partial charge in [0.15, 0.2) is 18.2 Å². The Morgan fingerprint density at radius 1 is 1.16 bits per heavy atom. The largest absolute Gasteiger partial charge is 0.619 e. The predicted octanol–water partition coefficient (Wildman–Crippen LogP) is 2.09. The molecule has 1 aromatic heterocycles. The van der Waals surface area contributed by atoms with Gasteiger partial charge in [0, 0.05) is 17.7 Å². The zero-order chi connectivity index (χ0) is 13.7. The van der Waals surface area contributed by atoms with Crippen molar-refractivity contribution in [3.05, 3.63) is 76.8 Å². The average molecular weight is 250 g/mol. The topological polar surface area (TPSA) is 67.8 Å². The van der Waals surface area contributed by atoms with Crippen molar-refractivity contribution >= 4 is 11.9 Å². The third-order valence-electron chi connectivity index (χ3n) is 2.55. The van der Waals surface area contributed by atoms with E-state index in [9.17, 15) is 10.0 Å². The second-order valence-electron chi connectivity index (χ2n) is 3.88. The molecule has 0 fully saturated rings. The molecule has 0 saturated carbocycles. The molecule has 4 nitrogen and oxygen atoms in total. The number of pyridine rings is 1. The summed E-state index contributed by atoms with van der Waals surface area (Å²) in [6, 6.07) is 11.9. The number of aromatic nitrogens is 1. The Morgan fingerprint density at radius 3 is 2.37 bits per heavy atom. The van der Waals surface area contributed by atoms with Crippen molar-refractivity contribution in [2.24, 2.45) is 0 Å². The summed E-state index contributed by atoms with van der Waals surface area (Å²) in [6.45, 7) is 0. The van der Waals surface area contributed by atoms with Crippen molar-refractivity contribution in [3.63, 3.8) is 0 Å². The van der Waals surface area contributed by atoms with Gasteiger partial charge in [0.05, 0.1) is 11.6 Å². The van der Waals surface area contributed by atoms with E-state index in [1.807, 2.05) is 6.07 Å². The predicted molar refractivity (Wildman–Crippen MR) is 69.9 cm³/mol. The molecule has 4 heteroatoms. The van der Waals surface area contributed by atoms with Crippen LogP contribution in [-0.2, 0) is 0 Å². The molecule has 0 spiro atoms. The van der Waals surface area contributed by atoms with Gasteiger partial charge in [0.25, 0.3) is 0 Å². The number of hydrogen-bond acceptors (Lipinski definition) is 3. The number of ketones is 1. The van der Waals surface area contributed by atoms with E-state index in [0.717, 1.165) is 5.56 Å². The normalized spacial score (nSPS) is 10.3. The Balaban J connectivity index is 2.11. The van der Waals surface area contributed by atoms with E-state index < -0.39 is 0 Å². The van der Waals surface area contributed by atoms with Crippen LogP contribution in [0, 0.1) is 16.5 Å². The Bertz CT molecular complexity index is 650. The maximum Gasteiger partial charge on any atom is 0.186 e. The Morgan fingerprint density at radius 2 is 1.79 bits per heavy atom. The molecule has 1 heterocycles. The lowest BCUT2D eigenvalue weighted by molar-refractivity contribution is -0.605. The smallest absolute Gasteiger partial charge is 0.186 e. The van der Waals surface area contributed by atoms with Crippen LogP contribution in [0.5, 0.6) is 0 Å². The highest BCUT2D eigenvalue weighted by molar-refractivity contribution is 6.06. The Labute approximate surface area is 110 Å². The highest BCUT2D eigenvalue weighted by Crippen LogP contribution is 2.07. The minimum Gasteiger partial charge on any atom is -0.619 e. The van der Waals surface area contributed by atoms with E-state index >= 15 is 0 Å². The van der Waals surface area contributed by atoms with Crippen LogP contribution < -0.4 is 4.73 Å². The average Bonchev–Trinajstić information content (AvgIpc) is 2.46. The van der Waals surface area contributed by atoms with E-state index in [0.29, 0.717) is 15.9 Å². The molecule has 0 atom stereocenters. The number of benzene rings is 1. The lowest BCUT2D eigenvalue weighted by Crippen LogP contribution is -2.24. The fourth-order valence-electron chi connectivity index (χ4n) is 1.51. The van der Waals surface area contributed by atoms with E-state index in [1.165, 1.54) is 30.6 Å². The molecular weight excluding hydrogens is 240 g/mol. The van der Waals surface area contributed by atoms with Gasteiger partial charge in [-0.05, 0) is 23.8 Å². The lowest BCUT2D eigenvalue weighted by atomic mass is 10.1. The molecular formula is C15H10N2O2. The van der Waals surface area contributed by atoms with E-state index in [4.69, 9.17) is 5.26 Å². The molecule has 19 heavy (non-hydrogen) atoms. The molecule has 92 valence electrons. The molecule has 0 aliphatic heterocycles. The molecule has 0 unspecified atom stereocenters. The highest BCUT2D eigenvalue weighted by Gasteiger charge is 2.02. The van der Waals surface area contributed by atoms with Crippen LogP contribution >= 0.6 is 0 Å². The molecule has 0 N–H and O–H groups in total. The zero-order valence-electron chi connectivity index (χ0n) is 9.98. The van der Waals surface area contributed by atoms with Crippen LogP contribution in [0.4, 0.5) is 0 Å². The monoisotopic (exact) mass is 250 g/mol. The molecule has 0 aliphatic rings. The lowest BCUT2D eigenvalue weighted by Gasteiger charge is -1.97. The van der Waals surface area contributed by atoms with Crippen molar-refractivity contribution < 1.29 is 9.52 Å². The summed E-state index contributed by atoms with van der Waals surface area (Å²) < 4.78 is 0.626. The Kier molecular flexibility index (Phi) is 3.70. The standard InChI is InChI=1S/C15H10N2O2/c16-11-13-3-1-12(2-4-13)5-6-15(18)14-7-9-17(19)10-8-14/h1-10H/b6-5-. The van der Waals surface area contributed by atoms with Crippen LogP contribution in [0.15, 0.2) is 54.9 Å². The summed E-state index contributed by atoms with van der Waals surface area (Å²) >= 11 is 0. The summed E-state index contributed by atoms with van der Waals surface area (Å²) in [4.78, 5) is 11.8. The van der Waals surface area contributed by atoms with Gasteiger partial charge < -0.3 is 5.21 Å². The van der Waals surface area contributed by atoms with Crippen molar-refractivity contribution in [1.29, 1.82) is 5.26 Å². The molecule has 0 amide bonds. The van der Waals surface area contributed by atoms with Gasteiger partial charge in [-0.3, -0.25) is 4.79 Å². The maximum absolute atomic E-state index is 11.8. The van der Waals surface area contributed by atoms with Gasteiger partial charge in [-0.1, -0.05) is 18.2 Å². The second kappa shape index (κ2) is 5.61. The first-order valence-electron chi connectivity index (χ1n) is 5.60. The van der Waals surface area contributed by atoms with Crippen molar-refractivity contribution in [2.75, 3.05) is 0 Å². The fraction of sp³-hybridized carbons (Fsp3) is 0. The molecule has 0 saturated heterocycles. The number of carbonyl (C=O) groups is 1. The summed E-state index contributed by atoms with van der Waals surface area (Å²) in [5, 5.41) is 19.5. The van der Waals surface area contributed by atoms with Crippen LogP contribution in [0.2, 0.25) is 0 Å². The number of rotatable bonds is 3. The van der Waals surface area contributed by atoms with Gasteiger partial charge >= 0.3 is 0 Å². The quantitative estimate of drug-likeness (QED) is 0.362. The van der Waals surface area contributed by atoms with Crippen LogP contribution in [0.3, 0.4) is 0 Å². The SMILES string of the molecule is N#Cc1ccc(/C=C\C(=O)c2cc[n+]([O-])cc2)cc1. The third kappa shape index (κ3) is 3.27. The molecule has 0 radical (unpaired) electrons. The van der Waals surface area contributed by atoms with Gasteiger partial charge in [-0.25, -0.2) is 0 Å². The van der Waals surface area contributed by atoms with Crippen molar-refractivity contribution in [2.45, 2.75) is 0 Å². The fourth-order valence-corrected chi connectivity index (χ4v) is 1.51. The number of carbonyl (C=O) groups excluding carboxylic acids is 1. The third-order valence-corrected chi connectivity index (χ3v) is 2.55. The molecule has 0 bridgehead atoms. The number of allylic oxidation sites excluding steroid dienone is 1. The first-order chi connectivity index (χ1) is 9.19. The van der Waals surface area contributed by atoms with Gasteiger partial charge in [0.1, 0.15) is 0 Å². The van der Waals surface area contributed by atoms with Gasteiger partial charge in [-0.2, -0.15) is 9.99 Å². The summed E-state index contributed by atoms with van der Waals surface area (Å²) in [5.41, 5.74) is 1.87. The van der Waals surface area contributed by atoms with E-state index in [-0.39, 0.29) is 5.78 Å². The van der Waals surface area contributed by atoms with Crippen LogP contribution in [-0.4, -0.2) is 5.78 Å². The molecule has 2 rings (SSSR count). The van der Waals surface area contributed by atoms with Crippen molar-refractivity contribution in [3.8, 4) is 6.07 Å². The number of nitriles is 1. The highest BCUT2D eigenvalue weighted by atomic mass is 16.5.